The van der Waals surface area contributed by atoms with E-state index in [-0.39, 0.29) is 23.8 Å². The minimum absolute atomic E-state index is 0.0554. The van der Waals surface area contributed by atoms with Crippen molar-refractivity contribution < 1.29 is 18.7 Å². The summed E-state index contributed by atoms with van der Waals surface area (Å²) in [4.78, 5) is 29.0. The monoisotopic (exact) mass is 328 g/mol. The van der Waals surface area contributed by atoms with E-state index in [9.17, 15) is 9.59 Å². The van der Waals surface area contributed by atoms with Crippen molar-refractivity contribution in [3.05, 3.63) is 35.6 Å². The number of hydrogen-bond acceptors (Lipinski definition) is 4. The number of hydrogen-bond donors (Lipinski definition) is 0. The molecule has 0 radical (unpaired) electrons. The van der Waals surface area contributed by atoms with Crippen molar-refractivity contribution in [2.24, 2.45) is 5.92 Å². The van der Waals surface area contributed by atoms with E-state index in [0.29, 0.717) is 37.4 Å². The van der Waals surface area contributed by atoms with Crippen molar-refractivity contribution in [1.29, 1.82) is 0 Å². The number of benzene rings is 1. The van der Waals surface area contributed by atoms with Gasteiger partial charge in [-0.15, -0.1) is 0 Å². The lowest BCUT2D eigenvalue weighted by Gasteiger charge is -2.29. The third-order valence-electron chi connectivity index (χ3n) is 4.93. The Balaban J connectivity index is 1.70. The molecule has 2 saturated heterocycles. The van der Waals surface area contributed by atoms with Gasteiger partial charge in [0.1, 0.15) is 11.3 Å². The summed E-state index contributed by atoms with van der Waals surface area (Å²) in [5.74, 6) is 0.445. The number of furan rings is 1. The molecule has 6 nitrogen and oxygen atoms in total. The van der Waals surface area contributed by atoms with E-state index in [0.717, 1.165) is 11.1 Å². The molecule has 0 N–H and O–H groups in total. The van der Waals surface area contributed by atoms with Crippen molar-refractivity contribution in [3.8, 4) is 0 Å². The molecule has 4 rings (SSSR count). The molecule has 1 aromatic heterocycles. The third-order valence-corrected chi connectivity index (χ3v) is 4.93. The quantitative estimate of drug-likeness (QED) is 0.799. The van der Waals surface area contributed by atoms with Crippen LogP contribution in [0.2, 0.25) is 0 Å². The van der Waals surface area contributed by atoms with Crippen LogP contribution >= 0.6 is 0 Å². The highest BCUT2D eigenvalue weighted by molar-refractivity contribution is 6.05. The highest BCUT2D eigenvalue weighted by Crippen LogP contribution is 2.26. The summed E-state index contributed by atoms with van der Waals surface area (Å²) in [6, 6.07) is 7.41. The molecule has 1 aromatic carbocycles. The average molecular weight is 328 g/mol. The summed E-state index contributed by atoms with van der Waals surface area (Å²) in [6.07, 6.45) is 0. The molecule has 2 aliphatic rings. The van der Waals surface area contributed by atoms with Gasteiger partial charge in [0, 0.05) is 25.5 Å². The Labute approximate surface area is 140 Å². The van der Waals surface area contributed by atoms with E-state index in [1.165, 1.54) is 0 Å². The molecule has 2 aliphatic heterocycles. The zero-order chi connectivity index (χ0) is 16.8. The number of fused-ring (bicyclic) bond motifs is 4. The molecule has 2 bridgehead atoms. The van der Waals surface area contributed by atoms with Crippen molar-refractivity contribution in [2.45, 2.75) is 13.0 Å². The van der Waals surface area contributed by atoms with Crippen molar-refractivity contribution in [3.63, 3.8) is 0 Å². The van der Waals surface area contributed by atoms with Gasteiger partial charge in [0.25, 0.3) is 5.91 Å². The second-order valence-electron chi connectivity index (χ2n) is 6.63. The molecular weight excluding hydrogens is 308 g/mol. The van der Waals surface area contributed by atoms with Crippen LogP contribution in [0.25, 0.3) is 11.0 Å². The van der Waals surface area contributed by atoms with E-state index in [2.05, 4.69) is 0 Å². The molecule has 24 heavy (non-hydrogen) atoms. The molecule has 0 saturated carbocycles. The molecule has 2 amide bonds. The number of carbonyl (C=O) groups excluding carboxylic acids is 2. The van der Waals surface area contributed by atoms with Crippen molar-refractivity contribution >= 4 is 22.8 Å². The van der Waals surface area contributed by atoms with Gasteiger partial charge >= 0.3 is 0 Å². The van der Waals surface area contributed by atoms with E-state index >= 15 is 0 Å². The van der Waals surface area contributed by atoms with Gasteiger partial charge in [-0.3, -0.25) is 9.59 Å². The standard InChI is InChI=1S/C18H20N2O4/c1-11-6-12-4-3-5-15(16(12)24-11)18(22)20-7-13-9-23-10-14(8-20)19(2)17(13)21/h3-6,13-14H,7-10H2,1-2H3/t13-,14+/m1/s1. The van der Waals surface area contributed by atoms with Gasteiger partial charge in [-0.1, -0.05) is 12.1 Å². The first-order valence-electron chi connectivity index (χ1n) is 8.17. The summed E-state index contributed by atoms with van der Waals surface area (Å²) < 4.78 is 11.3. The van der Waals surface area contributed by atoms with E-state index in [1.807, 2.05) is 25.1 Å². The van der Waals surface area contributed by atoms with Crippen LogP contribution in [0.4, 0.5) is 0 Å². The molecular formula is C18H20N2O4. The van der Waals surface area contributed by atoms with Gasteiger partial charge in [0.05, 0.1) is 30.7 Å². The Morgan fingerprint density at radius 3 is 2.92 bits per heavy atom. The Morgan fingerprint density at radius 1 is 1.25 bits per heavy atom. The zero-order valence-electron chi connectivity index (χ0n) is 13.8. The molecule has 0 unspecified atom stereocenters. The summed E-state index contributed by atoms with van der Waals surface area (Å²) in [6.45, 7) is 3.57. The largest absolute Gasteiger partial charge is 0.461 e. The minimum atomic E-state index is -0.302. The highest BCUT2D eigenvalue weighted by Gasteiger charge is 2.39. The van der Waals surface area contributed by atoms with Crippen molar-refractivity contribution in [2.75, 3.05) is 33.4 Å². The Kier molecular flexibility index (Phi) is 3.57. The SMILES string of the molecule is Cc1cc2cccc(C(=O)N3C[C@@H]4COC[C@H](C3)N(C)C4=O)c2o1. The molecule has 2 fully saturated rings. The molecule has 2 atom stereocenters. The number of likely N-dealkylation sites (N-methyl/N-ethyl adjacent to an activating group) is 1. The molecule has 0 spiro atoms. The van der Waals surface area contributed by atoms with Crippen LogP contribution in [-0.4, -0.2) is 61.0 Å². The maximum Gasteiger partial charge on any atom is 0.257 e. The van der Waals surface area contributed by atoms with Gasteiger partial charge in [0.15, 0.2) is 0 Å². The van der Waals surface area contributed by atoms with Crippen LogP contribution in [0, 0.1) is 12.8 Å². The van der Waals surface area contributed by atoms with Gasteiger partial charge in [-0.05, 0) is 19.1 Å². The predicted octanol–water partition coefficient (Wildman–Crippen LogP) is 1.67. The van der Waals surface area contributed by atoms with Crippen molar-refractivity contribution in [1.82, 2.24) is 9.80 Å². The lowest BCUT2D eigenvalue weighted by Crippen LogP contribution is -2.45. The molecule has 3 heterocycles. The first kappa shape index (κ1) is 15.2. The number of aryl methyl sites for hydroxylation is 1. The first-order valence-corrected chi connectivity index (χ1v) is 8.17. The number of carbonyl (C=O) groups is 2. The van der Waals surface area contributed by atoms with E-state index in [1.54, 1.807) is 22.9 Å². The lowest BCUT2D eigenvalue weighted by atomic mass is 10.1. The first-order chi connectivity index (χ1) is 11.5. The maximum absolute atomic E-state index is 13.1. The smallest absolute Gasteiger partial charge is 0.257 e. The van der Waals surface area contributed by atoms with Gasteiger partial charge in [-0.25, -0.2) is 0 Å². The summed E-state index contributed by atoms with van der Waals surface area (Å²) in [7, 11) is 1.79. The summed E-state index contributed by atoms with van der Waals surface area (Å²) in [5.41, 5.74) is 1.17. The van der Waals surface area contributed by atoms with Crippen LogP contribution in [0.5, 0.6) is 0 Å². The maximum atomic E-state index is 13.1. The van der Waals surface area contributed by atoms with Crippen LogP contribution < -0.4 is 0 Å². The second-order valence-corrected chi connectivity index (χ2v) is 6.63. The van der Waals surface area contributed by atoms with Crippen LogP contribution in [-0.2, 0) is 9.53 Å². The lowest BCUT2D eigenvalue weighted by molar-refractivity contribution is -0.133. The Hall–Kier alpha value is -2.34. The van der Waals surface area contributed by atoms with E-state index in [4.69, 9.17) is 9.15 Å². The molecule has 0 aliphatic carbocycles. The van der Waals surface area contributed by atoms with Crippen LogP contribution in [0.15, 0.2) is 28.7 Å². The van der Waals surface area contributed by atoms with Crippen LogP contribution in [0.3, 0.4) is 0 Å². The number of amides is 2. The minimum Gasteiger partial charge on any atom is -0.461 e. The Bertz CT molecular complexity index is 812. The Morgan fingerprint density at radius 2 is 2.08 bits per heavy atom. The number of para-hydroxylation sites is 1. The fourth-order valence-corrected chi connectivity index (χ4v) is 3.59. The number of rotatable bonds is 1. The third kappa shape index (κ3) is 2.38. The van der Waals surface area contributed by atoms with E-state index < -0.39 is 0 Å². The fraction of sp³-hybridized carbons (Fsp3) is 0.444. The normalized spacial score (nSPS) is 24.3. The second kappa shape index (κ2) is 5.63. The summed E-state index contributed by atoms with van der Waals surface area (Å²) in [5, 5.41) is 0.921. The number of ether oxygens (including phenoxy) is 1. The molecule has 126 valence electrons. The highest BCUT2D eigenvalue weighted by atomic mass is 16.5. The topological polar surface area (TPSA) is 63.0 Å². The molecule has 6 heteroatoms. The zero-order valence-corrected chi connectivity index (χ0v) is 13.8. The summed E-state index contributed by atoms with van der Waals surface area (Å²) >= 11 is 0. The fourth-order valence-electron chi connectivity index (χ4n) is 3.59. The van der Waals surface area contributed by atoms with Gasteiger partial charge < -0.3 is 19.0 Å². The van der Waals surface area contributed by atoms with Gasteiger partial charge in [-0.2, -0.15) is 0 Å². The average Bonchev–Trinajstić information content (AvgIpc) is 2.82. The predicted molar refractivity (Wildman–Crippen MR) is 87.7 cm³/mol. The van der Waals surface area contributed by atoms with Gasteiger partial charge in [0.2, 0.25) is 5.91 Å². The number of nitrogens with zero attached hydrogens (tertiary/aromatic N) is 2. The van der Waals surface area contributed by atoms with Crippen LogP contribution in [0.1, 0.15) is 16.1 Å². The molecule has 2 aromatic rings.